The number of nitrogens with zero attached hydrogens (tertiary/aromatic N) is 1. The molecule has 2 aromatic carbocycles. The summed E-state index contributed by atoms with van der Waals surface area (Å²) < 4.78 is 5.76. The van der Waals surface area contributed by atoms with Crippen LogP contribution in [0.5, 0.6) is 11.5 Å². The highest BCUT2D eigenvalue weighted by Crippen LogP contribution is 2.24. The van der Waals surface area contributed by atoms with Crippen LogP contribution in [0.1, 0.15) is 51.9 Å². The molecule has 0 radical (unpaired) electrons. The molecule has 0 bridgehead atoms. The fourth-order valence-corrected chi connectivity index (χ4v) is 3.84. The first-order valence-corrected chi connectivity index (χ1v) is 10.5. The lowest BCUT2D eigenvalue weighted by atomic mass is 10.1. The number of carbonyl (C=O) groups excluding carboxylic acids is 2. The summed E-state index contributed by atoms with van der Waals surface area (Å²) in [6.07, 6.45) is 7.21. The third-order valence-corrected chi connectivity index (χ3v) is 5.37. The van der Waals surface area contributed by atoms with E-state index in [4.69, 9.17) is 4.74 Å². The number of nitrogens with one attached hydrogen (secondary N) is 1. The molecule has 5 heteroatoms. The van der Waals surface area contributed by atoms with Crippen LogP contribution in [0.4, 0.5) is 5.69 Å². The van der Waals surface area contributed by atoms with Gasteiger partial charge in [0.25, 0.3) is 0 Å². The van der Waals surface area contributed by atoms with Gasteiger partial charge in [-0.3, -0.25) is 9.59 Å². The van der Waals surface area contributed by atoms with Crippen LogP contribution in [0.3, 0.4) is 0 Å². The number of rotatable bonds is 7. The molecule has 0 aromatic heterocycles. The van der Waals surface area contributed by atoms with Gasteiger partial charge in [0.05, 0.1) is 0 Å². The molecule has 0 heterocycles. The maximum atomic E-state index is 12.4. The van der Waals surface area contributed by atoms with Crippen LogP contribution < -0.4 is 10.1 Å². The maximum absolute atomic E-state index is 12.4. The monoisotopic (exact) mass is 394 g/mol. The Bertz CT molecular complexity index is 782. The van der Waals surface area contributed by atoms with Gasteiger partial charge in [0.1, 0.15) is 11.5 Å². The smallest absolute Gasteiger partial charge is 0.226 e. The molecule has 2 amide bonds. The van der Waals surface area contributed by atoms with Crippen LogP contribution >= 0.6 is 0 Å². The molecule has 2 aromatic rings. The van der Waals surface area contributed by atoms with Crippen molar-refractivity contribution in [2.45, 2.75) is 57.9 Å². The van der Waals surface area contributed by atoms with Gasteiger partial charge in [0.15, 0.2) is 0 Å². The van der Waals surface area contributed by atoms with Gasteiger partial charge in [0, 0.05) is 31.6 Å². The number of amides is 2. The van der Waals surface area contributed by atoms with Crippen molar-refractivity contribution >= 4 is 17.5 Å². The molecule has 0 aliphatic heterocycles. The van der Waals surface area contributed by atoms with E-state index in [1.54, 1.807) is 6.92 Å². The van der Waals surface area contributed by atoms with E-state index in [0.717, 1.165) is 37.1 Å². The minimum Gasteiger partial charge on any atom is -0.457 e. The highest BCUT2D eigenvalue weighted by atomic mass is 16.5. The molecule has 29 heavy (non-hydrogen) atoms. The summed E-state index contributed by atoms with van der Waals surface area (Å²) in [6.45, 7) is 2.08. The van der Waals surface area contributed by atoms with Crippen molar-refractivity contribution in [3.8, 4) is 11.5 Å². The van der Waals surface area contributed by atoms with Crippen molar-refractivity contribution < 1.29 is 14.3 Å². The fourth-order valence-electron chi connectivity index (χ4n) is 3.84. The number of anilines is 1. The van der Waals surface area contributed by atoms with Crippen molar-refractivity contribution in [1.29, 1.82) is 0 Å². The molecule has 0 unspecified atom stereocenters. The Balaban J connectivity index is 1.49. The quantitative estimate of drug-likeness (QED) is 0.642. The zero-order valence-electron chi connectivity index (χ0n) is 17.1. The van der Waals surface area contributed by atoms with Gasteiger partial charge in [-0.1, -0.05) is 43.9 Å². The van der Waals surface area contributed by atoms with E-state index in [1.807, 2.05) is 59.5 Å². The normalized spacial score (nSPS) is 14.7. The minimum atomic E-state index is -0.0819. The van der Waals surface area contributed by atoms with E-state index in [2.05, 4.69) is 5.32 Å². The number of carbonyl (C=O) groups is 2. The number of benzene rings is 2. The second-order valence-electron chi connectivity index (χ2n) is 7.60. The van der Waals surface area contributed by atoms with Crippen molar-refractivity contribution in [2.75, 3.05) is 11.9 Å². The number of hydrogen-bond acceptors (Lipinski definition) is 3. The summed E-state index contributed by atoms with van der Waals surface area (Å²) in [5.74, 6) is 1.46. The Labute approximate surface area is 173 Å². The number of para-hydroxylation sites is 1. The van der Waals surface area contributed by atoms with E-state index in [9.17, 15) is 9.59 Å². The molecule has 1 aliphatic rings. The summed E-state index contributed by atoms with van der Waals surface area (Å²) in [4.78, 5) is 26.4. The van der Waals surface area contributed by atoms with Gasteiger partial charge < -0.3 is 15.0 Å². The highest BCUT2D eigenvalue weighted by molar-refractivity contribution is 5.91. The largest absolute Gasteiger partial charge is 0.457 e. The molecule has 5 nitrogen and oxygen atoms in total. The molecule has 3 rings (SSSR count). The Morgan fingerprint density at radius 2 is 1.55 bits per heavy atom. The molecule has 1 fully saturated rings. The molecule has 0 spiro atoms. The van der Waals surface area contributed by atoms with E-state index >= 15 is 0 Å². The average Bonchev–Trinajstić information content (AvgIpc) is 3.00. The molecular formula is C24H30N2O3. The van der Waals surface area contributed by atoms with Gasteiger partial charge in [-0.15, -0.1) is 0 Å². The lowest BCUT2D eigenvalue weighted by molar-refractivity contribution is -0.131. The second-order valence-corrected chi connectivity index (χ2v) is 7.60. The van der Waals surface area contributed by atoms with Gasteiger partial charge in [0.2, 0.25) is 11.8 Å². The molecular weight excluding hydrogens is 364 g/mol. The topological polar surface area (TPSA) is 58.6 Å². The van der Waals surface area contributed by atoms with Crippen molar-refractivity contribution in [3.05, 3.63) is 54.6 Å². The van der Waals surface area contributed by atoms with Gasteiger partial charge in [-0.25, -0.2) is 0 Å². The SMILES string of the molecule is CC(=O)N(CCC(=O)Nc1ccc(Oc2ccccc2)cc1)C1CCCCCC1. The molecule has 0 atom stereocenters. The third-order valence-electron chi connectivity index (χ3n) is 5.37. The fraction of sp³-hybridized carbons (Fsp3) is 0.417. The standard InChI is InChI=1S/C24H30N2O3/c1-19(27)26(21-9-5-2-3-6-10-21)18-17-24(28)25-20-13-15-23(16-14-20)29-22-11-7-4-8-12-22/h4,7-8,11-16,21H,2-3,5-6,9-10,17-18H2,1H3,(H,25,28). The maximum Gasteiger partial charge on any atom is 0.226 e. The Morgan fingerprint density at radius 1 is 0.931 bits per heavy atom. The summed E-state index contributed by atoms with van der Waals surface area (Å²) in [5, 5.41) is 2.91. The van der Waals surface area contributed by atoms with E-state index in [-0.39, 0.29) is 17.9 Å². The Hall–Kier alpha value is -2.82. The molecule has 1 aliphatic carbocycles. The summed E-state index contributed by atoms with van der Waals surface area (Å²) in [7, 11) is 0. The summed E-state index contributed by atoms with van der Waals surface area (Å²) in [6, 6.07) is 17.1. The predicted molar refractivity (Wildman–Crippen MR) is 115 cm³/mol. The second kappa shape index (κ2) is 10.6. The van der Waals surface area contributed by atoms with Crippen LogP contribution in [0, 0.1) is 0 Å². The van der Waals surface area contributed by atoms with Crippen molar-refractivity contribution in [2.24, 2.45) is 0 Å². The van der Waals surface area contributed by atoms with Gasteiger partial charge >= 0.3 is 0 Å². The van der Waals surface area contributed by atoms with Crippen LogP contribution in [0.25, 0.3) is 0 Å². The summed E-state index contributed by atoms with van der Waals surface area (Å²) in [5.41, 5.74) is 0.722. The van der Waals surface area contributed by atoms with Crippen LogP contribution in [0.15, 0.2) is 54.6 Å². The first-order chi connectivity index (χ1) is 14.1. The summed E-state index contributed by atoms with van der Waals surface area (Å²) >= 11 is 0. The lowest BCUT2D eigenvalue weighted by Gasteiger charge is -2.30. The van der Waals surface area contributed by atoms with E-state index in [0.29, 0.717) is 18.7 Å². The Morgan fingerprint density at radius 3 is 2.17 bits per heavy atom. The van der Waals surface area contributed by atoms with E-state index < -0.39 is 0 Å². The van der Waals surface area contributed by atoms with E-state index in [1.165, 1.54) is 12.8 Å². The molecule has 1 N–H and O–H groups in total. The highest BCUT2D eigenvalue weighted by Gasteiger charge is 2.22. The van der Waals surface area contributed by atoms with Crippen molar-refractivity contribution in [1.82, 2.24) is 4.90 Å². The van der Waals surface area contributed by atoms with Crippen molar-refractivity contribution in [3.63, 3.8) is 0 Å². The van der Waals surface area contributed by atoms with Gasteiger partial charge in [-0.2, -0.15) is 0 Å². The lowest BCUT2D eigenvalue weighted by Crippen LogP contribution is -2.40. The first kappa shape index (κ1) is 20.9. The van der Waals surface area contributed by atoms with Crippen LogP contribution in [0.2, 0.25) is 0 Å². The molecule has 0 saturated heterocycles. The first-order valence-electron chi connectivity index (χ1n) is 10.5. The number of hydrogen-bond donors (Lipinski definition) is 1. The Kier molecular flexibility index (Phi) is 7.68. The average molecular weight is 395 g/mol. The zero-order valence-corrected chi connectivity index (χ0v) is 17.1. The minimum absolute atomic E-state index is 0.0621. The third kappa shape index (κ3) is 6.63. The van der Waals surface area contributed by atoms with Crippen LogP contribution in [-0.4, -0.2) is 29.3 Å². The van der Waals surface area contributed by atoms with Crippen LogP contribution in [-0.2, 0) is 9.59 Å². The molecule has 154 valence electrons. The zero-order chi connectivity index (χ0) is 20.5. The predicted octanol–water partition coefficient (Wildman–Crippen LogP) is 5.38. The van der Waals surface area contributed by atoms with Gasteiger partial charge in [-0.05, 0) is 49.2 Å². The number of ether oxygens (including phenoxy) is 1. The molecule has 1 saturated carbocycles.